The molecule has 1 aromatic carbocycles. The lowest BCUT2D eigenvalue weighted by Crippen LogP contribution is -2.19. The molecule has 88 valence electrons. The van der Waals surface area contributed by atoms with Gasteiger partial charge in [-0.05, 0) is 51.0 Å². The van der Waals surface area contributed by atoms with Gasteiger partial charge in [-0.2, -0.15) is 4.40 Å². The number of rotatable bonds is 2. The fourth-order valence-corrected chi connectivity index (χ4v) is 1.72. The van der Waals surface area contributed by atoms with E-state index in [-0.39, 0.29) is 4.75 Å². The van der Waals surface area contributed by atoms with E-state index in [4.69, 9.17) is 11.6 Å². The second-order valence-corrected chi connectivity index (χ2v) is 6.97. The lowest BCUT2D eigenvalue weighted by Gasteiger charge is -2.12. The Morgan fingerprint density at radius 1 is 1.38 bits per heavy atom. The van der Waals surface area contributed by atoms with Crippen LogP contribution in [0, 0.1) is 6.92 Å². The molecule has 0 aliphatic heterocycles. The Morgan fingerprint density at radius 3 is 2.56 bits per heavy atom. The summed E-state index contributed by atoms with van der Waals surface area (Å²) in [4.78, 5) is 0. The highest BCUT2D eigenvalue weighted by molar-refractivity contribution is 7.85. The van der Waals surface area contributed by atoms with Gasteiger partial charge in [0.2, 0.25) is 0 Å². The molecule has 0 saturated carbocycles. The Hall–Kier alpha value is -0.670. The Balaban J connectivity index is 2.93. The third kappa shape index (κ3) is 3.72. The first-order valence-electron chi connectivity index (χ1n) is 5.03. The summed E-state index contributed by atoms with van der Waals surface area (Å²) in [6.45, 7) is 7.65. The number of halogens is 1. The summed E-state index contributed by atoms with van der Waals surface area (Å²) >= 11 is 5.88. The van der Waals surface area contributed by atoms with Crippen LogP contribution in [0.25, 0.3) is 0 Å². The van der Waals surface area contributed by atoms with Gasteiger partial charge in [-0.25, -0.2) is 4.21 Å². The molecule has 1 atom stereocenters. The lowest BCUT2D eigenvalue weighted by atomic mass is 10.1. The number of hydrogen-bond donors (Lipinski definition) is 0. The van der Waals surface area contributed by atoms with Crippen LogP contribution in [-0.4, -0.2) is 15.2 Å². The molecule has 0 aliphatic rings. The van der Waals surface area contributed by atoms with Gasteiger partial charge in [-0.3, -0.25) is 0 Å². The standard InChI is InChI=1S/C12H16ClNOS/c1-9-5-6-11(13)7-10(9)8-14-16(15)12(2,3)4/h5-8H,1-4H3/b14-8+/t16-/m0/s1. The first-order valence-corrected chi connectivity index (χ1v) is 6.51. The molecule has 16 heavy (non-hydrogen) atoms. The molecule has 1 aromatic rings. The Labute approximate surface area is 104 Å². The van der Waals surface area contributed by atoms with Gasteiger partial charge in [0.05, 0.1) is 4.75 Å². The number of nitrogens with zero attached hydrogens (tertiary/aromatic N) is 1. The van der Waals surface area contributed by atoms with Crippen molar-refractivity contribution >= 4 is 28.8 Å². The van der Waals surface area contributed by atoms with Crippen molar-refractivity contribution in [2.45, 2.75) is 32.4 Å². The van der Waals surface area contributed by atoms with E-state index in [9.17, 15) is 4.21 Å². The van der Waals surface area contributed by atoms with Crippen molar-refractivity contribution in [1.29, 1.82) is 0 Å². The minimum atomic E-state index is -1.23. The average molecular weight is 258 g/mol. The van der Waals surface area contributed by atoms with Crippen molar-refractivity contribution < 1.29 is 4.21 Å². The van der Waals surface area contributed by atoms with Crippen molar-refractivity contribution in [3.05, 3.63) is 34.3 Å². The van der Waals surface area contributed by atoms with Gasteiger partial charge in [-0.1, -0.05) is 17.7 Å². The summed E-state index contributed by atoms with van der Waals surface area (Å²) < 4.78 is 15.4. The Bertz CT molecular complexity index is 435. The second kappa shape index (κ2) is 5.11. The number of benzene rings is 1. The van der Waals surface area contributed by atoms with Crippen molar-refractivity contribution in [3.63, 3.8) is 0 Å². The van der Waals surface area contributed by atoms with Gasteiger partial charge >= 0.3 is 0 Å². The largest absolute Gasteiger partial charge is 0.234 e. The van der Waals surface area contributed by atoms with Crippen molar-refractivity contribution in [2.75, 3.05) is 0 Å². The normalized spacial score (nSPS) is 14.3. The summed E-state index contributed by atoms with van der Waals surface area (Å²) in [6.07, 6.45) is 1.63. The van der Waals surface area contributed by atoms with Crippen LogP contribution in [0.3, 0.4) is 0 Å². The van der Waals surface area contributed by atoms with Gasteiger partial charge in [0.1, 0.15) is 11.0 Å². The van der Waals surface area contributed by atoms with E-state index >= 15 is 0 Å². The van der Waals surface area contributed by atoms with Gasteiger partial charge in [0, 0.05) is 11.2 Å². The van der Waals surface area contributed by atoms with Crippen molar-refractivity contribution in [3.8, 4) is 0 Å². The molecule has 0 N–H and O–H groups in total. The molecule has 2 nitrogen and oxygen atoms in total. The summed E-state index contributed by atoms with van der Waals surface area (Å²) in [5, 5.41) is 0.661. The molecular weight excluding hydrogens is 242 g/mol. The number of hydrogen-bond acceptors (Lipinski definition) is 1. The Kier molecular flexibility index (Phi) is 4.28. The van der Waals surface area contributed by atoms with Gasteiger partial charge in [0.25, 0.3) is 0 Å². The van der Waals surface area contributed by atoms with E-state index < -0.39 is 11.0 Å². The van der Waals surface area contributed by atoms with E-state index in [0.717, 1.165) is 11.1 Å². The molecule has 0 radical (unpaired) electrons. The molecule has 0 spiro atoms. The van der Waals surface area contributed by atoms with Crippen LogP contribution in [-0.2, 0) is 11.0 Å². The highest BCUT2D eigenvalue weighted by Gasteiger charge is 2.18. The SMILES string of the molecule is Cc1ccc(Cl)cc1/C=N/[S@@](=O)C(C)(C)C. The summed E-state index contributed by atoms with van der Waals surface area (Å²) in [5.74, 6) is 0. The zero-order valence-corrected chi connectivity index (χ0v) is 11.5. The molecule has 0 heterocycles. The summed E-state index contributed by atoms with van der Waals surface area (Å²) in [7, 11) is -1.23. The maximum atomic E-state index is 11.7. The second-order valence-electron chi connectivity index (χ2n) is 4.60. The molecule has 1 rings (SSSR count). The van der Waals surface area contributed by atoms with Gasteiger partial charge < -0.3 is 0 Å². The van der Waals surface area contributed by atoms with Gasteiger partial charge in [0.15, 0.2) is 0 Å². The highest BCUT2D eigenvalue weighted by atomic mass is 35.5. The first-order chi connectivity index (χ1) is 7.30. The monoisotopic (exact) mass is 257 g/mol. The molecule has 0 bridgehead atoms. The third-order valence-electron chi connectivity index (χ3n) is 2.05. The Morgan fingerprint density at radius 2 is 2.00 bits per heavy atom. The maximum absolute atomic E-state index is 11.7. The minimum Gasteiger partial charge on any atom is -0.234 e. The molecular formula is C12H16ClNOS. The fourth-order valence-electron chi connectivity index (χ4n) is 1.01. The molecule has 0 fully saturated rings. The van der Waals surface area contributed by atoms with E-state index in [0.29, 0.717) is 5.02 Å². The molecule has 0 unspecified atom stereocenters. The topological polar surface area (TPSA) is 29.4 Å². The van der Waals surface area contributed by atoms with Crippen LogP contribution in [0.5, 0.6) is 0 Å². The smallest absolute Gasteiger partial charge is 0.144 e. The maximum Gasteiger partial charge on any atom is 0.144 e. The van der Waals surface area contributed by atoms with Crippen molar-refractivity contribution in [2.24, 2.45) is 4.40 Å². The van der Waals surface area contributed by atoms with Crippen LogP contribution in [0.1, 0.15) is 31.9 Å². The summed E-state index contributed by atoms with van der Waals surface area (Å²) in [5.41, 5.74) is 1.98. The number of aryl methyl sites for hydroxylation is 1. The van der Waals surface area contributed by atoms with Crippen LogP contribution in [0.2, 0.25) is 5.02 Å². The van der Waals surface area contributed by atoms with Crippen LogP contribution < -0.4 is 0 Å². The predicted molar refractivity (Wildman–Crippen MR) is 71.7 cm³/mol. The zero-order valence-electron chi connectivity index (χ0n) is 9.95. The quantitative estimate of drug-likeness (QED) is 0.746. The molecule has 0 amide bonds. The van der Waals surface area contributed by atoms with E-state index in [2.05, 4.69) is 4.40 Å². The fraction of sp³-hybridized carbons (Fsp3) is 0.417. The molecule has 4 heteroatoms. The lowest BCUT2D eigenvalue weighted by molar-refractivity contribution is 0.651. The molecule has 0 aromatic heterocycles. The highest BCUT2D eigenvalue weighted by Crippen LogP contribution is 2.15. The molecule has 0 aliphatic carbocycles. The predicted octanol–water partition coefficient (Wildman–Crippen LogP) is 3.53. The van der Waals surface area contributed by atoms with E-state index in [1.165, 1.54) is 0 Å². The van der Waals surface area contributed by atoms with Crippen LogP contribution in [0.15, 0.2) is 22.6 Å². The minimum absolute atomic E-state index is 0.330. The zero-order chi connectivity index (χ0) is 12.3. The van der Waals surface area contributed by atoms with Crippen molar-refractivity contribution in [1.82, 2.24) is 0 Å². The first kappa shape index (κ1) is 13.4. The average Bonchev–Trinajstić information content (AvgIpc) is 2.17. The van der Waals surface area contributed by atoms with E-state index in [1.807, 2.05) is 45.9 Å². The summed E-state index contributed by atoms with van der Waals surface area (Å²) in [6, 6.07) is 5.57. The van der Waals surface area contributed by atoms with Gasteiger partial charge in [-0.15, -0.1) is 0 Å². The van der Waals surface area contributed by atoms with Crippen LogP contribution >= 0.6 is 11.6 Å². The van der Waals surface area contributed by atoms with E-state index in [1.54, 1.807) is 6.21 Å². The van der Waals surface area contributed by atoms with Crippen LogP contribution in [0.4, 0.5) is 0 Å². The molecule has 0 saturated heterocycles. The third-order valence-corrected chi connectivity index (χ3v) is 3.63.